The highest BCUT2D eigenvalue weighted by molar-refractivity contribution is 5.20. The first-order valence-corrected chi connectivity index (χ1v) is 17.8. The van der Waals surface area contributed by atoms with Crippen molar-refractivity contribution in [3.63, 3.8) is 0 Å². The van der Waals surface area contributed by atoms with E-state index < -0.39 is 49.0 Å². The van der Waals surface area contributed by atoms with E-state index >= 15 is 0 Å². The molecule has 9 heteroatoms. The monoisotopic (exact) mass is 638 g/mol. The molecule has 0 spiro atoms. The van der Waals surface area contributed by atoms with Crippen molar-refractivity contribution in [2.75, 3.05) is 6.61 Å². The summed E-state index contributed by atoms with van der Waals surface area (Å²) in [6, 6.07) is 0. The lowest BCUT2D eigenvalue weighted by Gasteiger charge is -2.70. The maximum Gasteiger partial charge on any atom is 0.186 e. The Morgan fingerprint density at radius 3 is 2.07 bits per heavy atom. The molecule has 9 nitrogen and oxygen atoms in total. The van der Waals surface area contributed by atoms with Crippen molar-refractivity contribution in [1.82, 2.24) is 0 Å². The van der Waals surface area contributed by atoms with Crippen molar-refractivity contribution in [3.8, 4) is 0 Å². The third kappa shape index (κ3) is 4.95. The topological polar surface area (TPSA) is 149 Å². The Morgan fingerprint density at radius 2 is 1.44 bits per heavy atom. The first-order chi connectivity index (χ1) is 20.7. The molecule has 45 heavy (non-hydrogen) atoms. The Balaban J connectivity index is 1.23. The summed E-state index contributed by atoms with van der Waals surface area (Å²) < 4.78 is 18.9. The molecule has 6 N–H and O–H groups in total. The first kappa shape index (κ1) is 34.5. The average molecular weight is 639 g/mol. The van der Waals surface area contributed by atoms with E-state index in [0.29, 0.717) is 11.8 Å². The molecule has 0 aromatic heterocycles. The quantitative estimate of drug-likeness (QED) is 0.249. The van der Waals surface area contributed by atoms with Crippen LogP contribution in [-0.4, -0.2) is 97.5 Å². The van der Waals surface area contributed by atoms with Crippen LogP contribution in [0.3, 0.4) is 0 Å². The maximum absolute atomic E-state index is 12.2. The smallest absolute Gasteiger partial charge is 0.186 e. The van der Waals surface area contributed by atoms with E-state index in [9.17, 15) is 30.6 Å². The van der Waals surface area contributed by atoms with Gasteiger partial charge in [-0.3, -0.25) is 0 Å². The van der Waals surface area contributed by atoms with Crippen LogP contribution < -0.4 is 0 Å². The summed E-state index contributed by atoms with van der Waals surface area (Å²) in [5.41, 5.74) is -1.49. The number of hydrogen-bond acceptors (Lipinski definition) is 9. The van der Waals surface area contributed by atoms with Crippen LogP contribution >= 0.6 is 0 Å². The summed E-state index contributed by atoms with van der Waals surface area (Å²) in [6.45, 7) is 17.4. The molecule has 4 saturated carbocycles. The highest BCUT2D eigenvalue weighted by Crippen LogP contribution is 2.76. The third-order valence-corrected chi connectivity index (χ3v) is 15.4. The highest BCUT2D eigenvalue weighted by atomic mass is 16.7. The van der Waals surface area contributed by atoms with Gasteiger partial charge in [0.15, 0.2) is 6.29 Å². The first-order valence-electron chi connectivity index (χ1n) is 17.8. The summed E-state index contributed by atoms with van der Waals surface area (Å²) >= 11 is 0. The lowest BCUT2D eigenvalue weighted by Crippen LogP contribution is -2.67. The van der Waals surface area contributed by atoms with E-state index in [2.05, 4.69) is 41.5 Å². The van der Waals surface area contributed by atoms with Gasteiger partial charge in [-0.05, 0) is 124 Å². The molecule has 6 rings (SSSR count). The Hall–Kier alpha value is -0.360. The largest absolute Gasteiger partial charge is 0.394 e. The lowest BCUT2D eigenvalue weighted by molar-refractivity contribution is -0.332. The normalized spacial score (nSPS) is 56.4. The predicted octanol–water partition coefficient (Wildman–Crippen LogP) is 3.54. The SMILES string of the molecule is CC(C)(O)[C@H]1CC[C@](C)([C@H]2CC[C@]3(C)[C@@H]2[C@H](O)C[C@@H]2[C@@]4(C)CC[C@H](O[C@@H]5O[C@H](CO)[C@@H](O)[C@H](O)[C@H]5O)C(C)(C)[C@@H]4CC[C@]23C)O1. The standard InChI is InChI=1S/C36H62O9/c1-31(2)22-10-15-34(6)23(33(22,5)13-11-24(31)44-30-29(41)28(40)27(39)21(18-37)43-30)17-20(38)26-19(9-14-35(26,34)7)36(8)16-12-25(45-36)32(3,4)42/h19-30,37-42H,9-18H2,1-8H3/t19-,20+,21+,22-,23+,24-,25+,26-,27+,28-,29+,30-,33-,34+,35+,36+/m0/s1. The van der Waals surface area contributed by atoms with E-state index in [4.69, 9.17) is 14.2 Å². The van der Waals surface area contributed by atoms with Crippen molar-refractivity contribution >= 4 is 0 Å². The van der Waals surface area contributed by atoms with Crippen molar-refractivity contribution in [1.29, 1.82) is 0 Å². The minimum absolute atomic E-state index is 0.0153. The molecule has 0 amide bonds. The van der Waals surface area contributed by atoms with Gasteiger partial charge in [0, 0.05) is 0 Å². The van der Waals surface area contributed by atoms with Gasteiger partial charge in [0.05, 0.1) is 36.1 Å². The highest BCUT2D eigenvalue weighted by Gasteiger charge is 2.72. The van der Waals surface area contributed by atoms with Crippen LogP contribution in [-0.2, 0) is 14.2 Å². The molecule has 0 radical (unpaired) electrons. The van der Waals surface area contributed by atoms with Crippen LogP contribution in [0.5, 0.6) is 0 Å². The van der Waals surface area contributed by atoms with Crippen LogP contribution in [0.4, 0.5) is 0 Å². The minimum atomic E-state index is -1.46. The zero-order valence-electron chi connectivity index (χ0n) is 28.9. The van der Waals surface area contributed by atoms with Crippen molar-refractivity contribution < 1.29 is 44.8 Å². The maximum atomic E-state index is 12.2. The molecule has 2 aliphatic heterocycles. The van der Waals surface area contributed by atoms with E-state index in [1.807, 2.05) is 13.8 Å². The van der Waals surface area contributed by atoms with Gasteiger partial charge in [-0.25, -0.2) is 0 Å². The van der Waals surface area contributed by atoms with Crippen molar-refractivity contribution in [3.05, 3.63) is 0 Å². The van der Waals surface area contributed by atoms with Gasteiger partial charge in [0.25, 0.3) is 0 Å². The molecule has 2 saturated heterocycles. The molecule has 6 aliphatic rings. The Labute approximate surface area is 270 Å². The van der Waals surface area contributed by atoms with Crippen molar-refractivity contribution in [2.24, 2.45) is 45.3 Å². The molecule has 4 aliphatic carbocycles. The summed E-state index contributed by atoms with van der Waals surface area (Å²) in [5.74, 6) is 1.07. The molecule has 0 aromatic rings. The molecule has 0 bridgehead atoms. The summed E-state index contributed by atoms with van der Waals surface area (Å²) in [6.07, 6.45) is 1.20. The fraction of sp³-hybridized carbons (Fsp3) is 1.00. The predicted molar refractivity (Wildman–Crippen MR) is 168 cm³/mol. The minimum Gasteiger partial charge on any atom is -0.394 e. The zero-order valence-corrected chi connectivity index (χ0v) is 28.9. The summed E-state index contributed by atoms with van der Waals surface area (Å²) in [5, 5.41) is 63.9. The molecule has 6 fully saturated rings. The third-order valence-electron chi connectivity index (χ3n) is 15.4. The number of hydrogen-bond donors (Lipinski definition) is 6. The summed E-state index contributed by atoms with van der Waals surface area (Å²) in [7, 11) is 0. The van der Waals surface area contributed by atoms with E-state index in [1.54, 1.807) is 0 Å². The second-order valence-corrected chi connectivity index (χ2v) is 18.3. The average Bonchev–Trinajstić information content (AvgIpc) is 3.54. The van der Waals surface area contributed by atoms with Gasteiger partial charge in [0.2, 0.25) is 0 Å². The fourth-order valence-electron chi connectivity index (χ4n) is 12.6. The Bertz CT molecular complexity index is 1110. The van der Waals surface area contributed by atoms with Crippen molar-refractivity contribution in [2.45, 2.75) is 173 Å². The molecule has 16 atom stereocenters. The Kier molecular flexibility index (Phi) is 8.49. The van der Waals surface area contributed by atoms with Crippen LogP contribution in [0.25, 0.3) is 0 Å². The number of aliphatic hydroxyl groups excluding tert-OH is 5. The van der Waals surface area contributed by atoms with Gasteiger partial charge in [0.1, 0.15) is 24.4 Å². The molecule has 0 unspecified atom stereocenters. The molecular weight excluding hydrogens is 576 g/mol. The van der Waals surface area contributed by atoms with Gasteiger partial charge in [-0.1, -0.05) is 34.6 Å². The fourth-order valence-corrected chi connectivity index (χ4v) is 12.6. The van der Waals surface area contributed by atoms with Gasteiger partial charge in [-0.15, -0.1) is 0 Å². The second kappa shape index (κ2) is 11.1. The summed E-state index contributed by atoms with van der Waals surface area (Å²) in [4.78, 5) is 0. The second-order valence-electron chi connectivity index (χ2n) is 18.3. The molecule has 2 heterocycles. The number of aliphatic hydroxyl groups is 6. The van der Waals surface area contributed by atoms with Gasteiger partial charge < -0.3 is 44.8 Å². The van der Waals surface area contributed by atoms with Crippen LogP contribution in [0.1, 0.15) is 113 Å². The number of rotatable bonds is 5. The van der Waals surface area contributed by atoms with Gasteiger partial charge >= 0.3 is 0 Å². The van der Waals surface area contributed by atoms with Gasteiger partial charge in [-0.2, -0.15) is 0 Å². The Morgan fingerprint density at radius 1 is 0.778 bits per heavy atom. The van der Waals surface area contributed by atoms with Crippen LogP contribution in [0, 0.1) is 45.3 Å². The van der Waals surface area contributed by atoms with Crippen LogP contribution in [0.2, 0.25) is 0 Å². The zero-order chi connectivity index (χ0) is 33.1. The van der Waals surface area contributed by atoms with Crippen LogP contribution in [0.15, 0.2) is 0 Å². The van der Waals surface area contributed by atoms with E-state index in [1.165, 1.54) is 0 Å². The lowest BCUT2D eigenvalue weighted by atomic mass is 9.35. The van der Waals surface area contributed by atoms with E-state index in [0.717, 1.165) is 57.8 Å². The molecule has 0 aromatic carbocycles. The van der Waals surface area contributed by atoms with E-state index in [-0.39, 0.29) is 51.3 Å². The number of fused-ring (bicyclic) bond motifs is 5. The molecule has 260 valence electrons. The number of ether oxygens (including phenoxy) is 3. The molecular formula is C36H62O9.